The SMILES string of the molecule is Fc1cc(F)c(NC2=NCC3(CCCC3)CS2)c(Br)c1. The van der Waals surface area contributed by atoms with Gasteiger partial charge in [-0.1, -0.05) is 24.6 Å². The second-order valence-electron chi connectivity index (χ2n) is 5.49. The van der Waals surface area contributed by atoms with Crippen molar-refractivity contribution in [2.75, 3.05) is 17.6 Å². The molecule has 1 aliphatic carbocycles. The Kier molecular flexibility index (Phi) is 4.04. The average Bonchev–Trinajstić information content (AvgIpc) is 2.85. The minimum absolute atomic E-state index is 0.250. The van der Waals surface area contributed by atoms with Crippen LogP contribution in [-0.2, 0) is 0 Å². The topological polar surface area (TPSA) is 24.4 Å². The molecule has 2 aliphatic rings. The van der Waals surface area contributed by atoms with E-state index in [2.05, 4.69) is 26.2 Å². The molecular formula is C14H15BrF2N2S. The zero-order valence-corrected chi connectivity index (χ0v) is 13.3. The maximum atomic E-state index is 13.8. The third-order valence-corrected chi connectivity index (χ3v) is 5.86. The van der Waals surface area contributed by atoms with Crippen LogP contribution in [0.15, 0.2) is 21.6 Å². The molecule has 108 valence electrons. The van der Waals surface area contributed by atoms with Crippen molar-refractivity contribution in [1.29, 1.82) is 0 Å². The minimum atomic E-state index is -0.610. The summed E-state index contributed by atoms with van der Waals surface area (Å²) in [6.07, 6.45) is 5.06. The summed E-state index contributed by atoms with van der Waals surface area (Å²) >= 11 is 4.81. The molecule has 0 bridgehead atoms. The number of nitrogens with one attached hydrogen (secondary N) is 1. The number of aliphatic imine (C=N–C) groups is 1. The van der Waals surface area contributed by atoms with Crippen LogP contribution in [0.1, 0.15) is 25.7 Å². The third kappa shape index (κ3) is 2.86. The van der Waals surface area contributed by atoms with E-state index >= 15 is 0 Å². The Morgan fingerprint density at radius 3 is 2.60 bits per heavy atom. The summed E-state index contributed by atoms with van der Waals surface area (Å²) in [7, 11) is 0. The Hall–Kier alpha value is -0.620. The fourth-order valence-electron chi connectivity index (χ4n) is 2.82. The fraction of sp³-hybridized carbons (Fsp3) is 0.500. The van der Waals surface area contributed by atoms with E-state index in [1.165, 1.54) is 31.7 Å². The van der Waals surface area contributed by atoms with E-state index in [0.29, 0.717) is 15.1 Å². The first-order chi connectivity index (χ1) is 9.58. The zero-order chi connectivity index (χ0) is 14.2. The summed E-state index contributed by atoms with van der Waals surface area (Å²) < 4.78 is 27.2. The number of hydrogen-bond donors (Lipinski definition) is 1. The summed E-state index contributed by atoms with van der Waals surface area (Å²) in [5.74, 6) is -0.177. The van der Waals surface area contributed by atoms with Crippen molar-refractivity contribution in [1.82, 2.24) is 0 Å². The van der Waals surface area contributed by atoms with Gasteiger partial charge < -0.3 is 5.32 Å². The van der Waals surface area contributed by atoms with Crippen molar-refractivity contribution in [3.63, 3.8) is 0 Å². The average molecular weight is 361 g/mol. The van der Waals surface area contributed by atoms with Crippen molar-refractivity contribution >= 4 is 38.5 Å². The molecule has 0 radical (unpaired) electrons. The lowest BCUT2D eigenvalue weighted by Crippen LogP contribution is -2.30. The number of nitrogens with zero attached hydrogens (tertiary/aromatic N) is 1. The molecular weight excluding hydrogens is 346 g/mol. The van der Waals surface area contributed by atoms with Gasteiger partial charge in [-0.3, -0.25) is 4.99 Å². The lowest BCUT2D eigenvalue weighted by atomic mass is 9.89. The molecule has 20 heavy (non-hydrogen) atoms. The smallest absolute Gasteiger partial charge is 0.161 e. The first-order valence-corrected chi connectivity index (χ1v) is 8.45. The lowest BCUT2D eigenvalue weighted by molar-refractivity contribution is 0.359. The molecule has 2 nitrogen and oxygen atoms in total. The highest BCUT2D eigenvalue weighted by molar-refractivity contribution is 9.10. The van der Waals surface area contributed by atoms with Gasteiger partial charge in [0.15, 0.2) is 11.0 Å². The van der Waals surface area contributed by atoms with Gasteiger partial charge in [-0.15, -0.1) is 0 Å². The van der Waals surface area contributed by atoms with Crippen LogP contribution >= 0.6 is 27.7 Å². The van der Waals surface area contributed by atoms with Crippen LogP contribution in [0.3, 0.4) is 0 Å². The molecule has 1 fully saturated rings. The van der Waals surface area contributed by atoms with Crippen molar-refractivity contribution in [2.45, 2.75) is 25.7 Å². The van der Waals surface area contributed by atoms with Crippen LogP contribution in [0.2, 0.25) is 0 Å². The van der Waals surface area contributed by atoms with Gasteiger partial charge in [-0.25, -0.2) is 8.78 Å². The van der Waals surface area contributed by atoms with Crippen LogP contribution in [-0.4, -0.2) is 17.5 Å². The second kappa shape index (κ2) is 5.64. The normalized spacial score (nSPS) is 21.1. The highest BCUT2D eigenvalue weighted by Crippen LogP contribution is 2.43. The minimum Gasteiger partial charge on any atom is -0.332 e. The number of rotatable bonds is 1. The zero-order valence-electron chi connectivity index (χ0n) is 10.9. The van der Waals surface area contributed by atoms with Crippen molar-refractivity contribution < 1.29 is 8.78 Å². The van der Waals surface area contributed by atoms with Gasteiger partial charge in [-0.2, -0.15) is 0 Å². The second-order valence-corrected chi connectivity index (χ2v) is 7.30. The van der Waals surface area contributed by atoms with Crippen molar-refractivity contribution in [3.8, 4) is 0 Å². The van der Waals surface area contributed by atoms with Gasteiger partial charge in [0.1, 0.15) is 5.82 Å². The maximum absolute atomic E-state index is 13.8. The molecule has 1 spiro atoms. The van der Waals surface area contributed by atoms with Gasteiger partial charge in [0.25, 0.3) is 0 Å². The van der Waals surface area contributed by atoms with Gasteiger partial charge in [0.2, 0.25) is 0 Å². The number of benzene rings is 1. The molecule has 3 rings (SSSR count). The summed E-state index contributed by atoms with van der Waals surface area (Å²) in [6, 6.07) is 2.12. The number of amidine groups is 1. The predicted molar refractivity (Wildman–Crippen MR) is 83.3 cm³/mol. The molecule has 0 aromatic heterocycles. The number of halogens is 3. The number of thioether (sulfide) groups is 1. The number of anilines is 1. The molecule has 0 atom stereocenters. The van der Waals surface area contributed by atoms with E-state index in [9.17, 15) is 8.78 Å². The van der Waals surface area contributed by atoms with E-state index in [-0.39, 0.29) is 5.69 Å². The Bertz CT molecular complexity index is 533. The molecule has 1 saturated carbocycles. The largest absolute Gasteiger partial charge is 0.332 e. The van der Waals surface area contributed by atoms with Gasteiger partial charge in [0.05, 0.1) is 5.69 Å². The fourth-order valence-corrected chi connectivity index (χ4v) is 4.48. The van der Waals surface area contributed by atoms with Gasteiger partial charge in [0, 0.05) is 22.8 Å². The first-order valence-electron chi connectivity index (χ1n) is 6.67. The highest BCUT2D eigenvalue weighted by Gasteiger charge is 2.36. The molecule has 1 aromatic rings. The molecule has 1 aromatic carbocycles. The number of hydrogen-bond acceptors (Lipinski definition) is 3. The van der Waals surface area contributed by atoms with Crippen LogP contribution < -0.4 is 5.32 Å². The van der Waals surface area contributed by atoms with Crippen LogP contribution in [0.25, 0.3) is 0 Å². The molecule has 0 amide bonds. The summed E-state index contributed by atoms with van der Waals surface area (Å²) in [5.41, 5.74) is 0.606. The van der Waals surface area contributed by atoms with E-state index in [4.69, 9.17) is 0 Å². The van der Waals surface area contributed by atoms with Crippen LogP contribution in [0.4, 0.5) is 14.5 Å². The van der Waals surface area contributed by atoms with Crippen LogP contribution in [0.5, 0.6) is 0 Å². The standard InChI is InChI=1S/C14H15BrF2N2S/c15-10-5-9(16)6-11(17)12(10)19-13-18-7-14(8-20-13)3-1-2-4-14/h5-6H,1-4,7-8H2,(H,18,19). The van der Waals surface area contributed by atoms with Gasteiger partial charge in [-0.05, 0) is 40.3 Å². The Morgan fingerprint density at radius 2 is 2.00 bits per heavy atom. The Morgan fingerprint density at radius 1 is 1.25 bits per heavy atom. The van der Waals surface area contributed by atoms with Gasteiger partial charge >= 0.3 is 0 Å². The summed E-state index contributed by atoms with van der Waals surface area (Å²) in [4.78, 5) is 4.55. The monoisotopic (exact) mass is 360 g/mol. The van der Waals surface area contributed by atoms with Crippen molar-refractivity contribution in [2.24, 2.45) is 10.4 Å². The van der Waals surface area contributed by atoms with E-state index in [1.807, 2.05) is 0 Å². The lowest BCUT2D eigenvalue weighted by Gasteiger charge is -2.31. The molecule has 6 heteroatoms. The first kappa shape index (κ1) is 14.3. The van der Waals surface area contributed by atoms with E-state index in [1.54, 1.807) is 11.8 Å². The van der Waals surface area contributed by atoms with Crippen molar-refractivity contribution in [3.05, 3.63) is 28.2 Å². The Labute approximate surface area is 129 Å². The Balaban J connectivity index is 1.75. The quantitative estimate of drug-likeness (QED) is 0.777. The summed E-state index contributed by atoms with van der Waals surface area (Å²) in [6.45, 7) is 0.808. The molecule has 1 N–H and O–H groups in total. The van der Waals surface area contributed by atoms with Crippen LogP contribution in [0, 0.1) is 17.0 Å². The molecule has 1 heterocycles. The molecule has 0 unspecified atom stereocenters. The van der Waals surface area contributed by atoms with E-state index < -0.39 is 11.6 Å². The molecule has 1 aliphatic heterocycles. The molecule has 0 saturated heterocycles. The third-order valence-electron chi connectivity index (χ3n) is 3.98. The summed E-state index contributed by atoms with van der Waals surface area (Å²) in [5, 5.41) is 3.69. The maximum Gasteiger partial charge on any atom is 0.161 e. The van der Waals surface area contributed by atoms with E-state index in [0.717, 1.165) is 18.4 Å². The highest BCUT2D eigenvalue weighted by atomic mass is 79.9. The predicted octanol–water partition coefficient (Wildman–Crippen LogP) is 4.80.